The number of hydroxylamine groups is 2. The van der Waals surface area contributed by atoms with Crippen LogP contribution < -0.4 is 5.32 Å². The van der Waals surface area contributed by atoms with Crippen molar-refractivity contribution in [1.29, 1.82) is 0 Å². The van der Waals surface area contributed by atoms with Gasteiger partial charge in [-0.1, -0.05) is 37.3 Å². The summed E-state index contributed by atoms with van der Waals surface area (Å²) in [6.07, 6.45) is 2.02. The second-order valence-electron chi connectivity index (χ2n) is 9.25. The first-order chi connectivity index (χ1) is 15.9. The molecule has 2 N–H and O–H groups in total. The molecule has 9 nitrogen and oxygen atoms in total. The maximum Gasteiger partial charge on any atom is 0.407 e. The molecule has 0 spiro atoms. The molecule has 2 saturated heterocycles. The highest BCUT2D eigenvalue weighted by Crippen LogP contribution is 2.53. The van der Waals surface area contributed by atoms with Gasteiger partial charge in [0, 0.05) is 26.1 Å². The molecular formula is C24H33N3O6. The van der Waals surface area contributed by atoms with Gasteiger partial charge in [0.15, 0.2) is 0 Å². The molecule has 1 aromatic rings. The van der Waals surface area contributed by atoms with Crippen molar-refractivity contribution in [2.24, 2.45) is 5.92 Å². The Kier molecular flexibility index (Phi) is 6.90. The van der Waals surface area contributed by atoms with Gasteiger partial charge < -0.3 is 20.1 Å². The number of carbonyl (C=O) groups excluding carboxylic acids is 2. The Balaban J connectivity index is 1.54. The SMILES string of the molecule is CO[C@H]([C@@H](C)C(=O)N[C@@]1(C(=O)N2CCCCO2)C[C@H]1c1ccccc1)[C@@H]1CCCN1C(=O)O. The monoisotopic (exact) mass is 459 g/mol. The van der Waals surface area contributed by atoms with Gasteiger partial charge in [-0.25, -0.2) is 9.86 Å². The third-order valence-corrected chi connectivity index (χ3v) is 7.22. The summed E-state index contributed by atoms with van der Waals surface area (Å²) in [6, 6.07) is 9.30. The predicted octanol–water partition coefficient (Wildman–Crippen LogP) is 2.38. The van der Waals surface area contributed by atoms with Crippen molar-refractivity contribution in [3.8, 4) is 0 Å². The maximum atomic E-state index is 13.5. The summed E-state index contributed by atoms with van der Waals surface area (Å²) in [4.78, 5) is 45.6. The van der Waals surface area contributed by atoms with E-state index in [1.807, 2.05) is 30.3 Å². The molecule has 9 heteroatoms. The van der Waals surface area contributed by atoms with E-state index in [1.54, 1.807) is 6.92 Å². The molecule has 2 aliphatic heterocycles. The van der Waals surface area contributed by atoms with Crippen molar-refractivity contribution in [1.82, 2.24) is 15.3 Å². The molecule has 3 fully saturated rings. The second kappa shape index (κ2) is 9.69. The number of benzene rings is 1. The Hall–Kier alpha value is -2.65. The number of nitrogens with one attached hydrogen (secondary N) is 1. The van der Waals surface area contributed by atoms with E-state index >= 15 is 0 Å². The smallest absolute Gasteiger partial charge is 0.407 e. The van der Waals surface area contributed by atoms with E-state index in [2.05, 4.69) is 5.32 Å². The van der Waals surface area contributed by atoms with Crippen molar-refractivity contribution in [2.45, 2.75) is 62.6 Å². The zero-order valence-electron chi connectivity index (χ0n) is 19.2. The Morgan fingerprint density at radius 1 is 1.18 bits per heavy atom. The van der Waals surface area contributed by atoms with Crippen LogP contribution in [0.25, 0.3) is 0 Å². The van der Waals surface area contributed by atoms with Crippen molar-refractivity contribution >= 4 is 17.9 Å². The maximum absolute atomic E-state index is 13.5. The first-order valence-corrected chi connectivity index (χ1v) is 11.7. The third-order valence-electron chi connectivity index (χ3n) is 7.22. The van der Waals surface area contributed by atoms with Gasteiger partial charge in [-0.3, -0.25) is 14.4 Å². The summed E-state index contributed by atoms with van der Waals surface area (Å²) in [6.45, 7) is 3.15. The van der Waals surface area contributed by atoms with Crippen LogP contribution in [-0.2, 0) is 19.2 Å². The standard InChI is InChI=1S/C24H33N3O6/c1-16(20(32-2)19-11-8-12-26(19)23(30)31)21(28)25-24(22(29)27-13-6-7-14-33-27)15-18(24)17-9-4-3-5-10-17/h3-5,9-10,16,18-20H,6-8,11-15H2,1-2H3,(H,25,28)(H,30,31)/t16-,18+,19+,20-,24+/m1/s1. The molecular weight excluding hydrogens is 426 g/mol. The lowest BCUT2D eigenvalue weighted by atomic mass is 9.94. The fourth-order valence-electron chi connectivity index (χ4n) is 5.31. The van der Waals surface area contributed by atoms with Crippen LogP contribution in [-0.4, -0.2) is 77.5 Å². The van der Waals surface area contributed by atoms with E-state index in [9.17, 15) is 19.5 Å². The predicted molar refractivity (Wildman–Crippen MR) is 119 cm³/mol. The number of carbonyl (C=O) groups is 3. The van der Waals surface area contributed by atoms with Gasteiger partial charge in [0.25, 0.3) is 5.91 Å². The molecule has 3 aliphatic rings. The van der Waals surface area contributed by atoms with E-state index in [4.69, 9.17) is 9.57 Å². The van der Waals surface area contributed by atoms with Crippen LogP contribution in [0.2, 0.25) is 0 Å². The van der Waals surface area contributed by atoms with Crippen molar-refractivity contribution in [3.63, 3.8) is 0 Å². The van der Waals surface area contributed by atoms with Crippen molar-refractivity contribution in [2.75, 3.05) is 26.8 Å². The summed E-state index contributed by atoms with van der Waals surface area (Å²) in [5, 5.41) is 14.0. The van der Waals surface area contributed by atoms with Crippen LogP contribution >= 0.6 is 0 Å². The first kappa shape index (κ1) is 23.5. The Labute approximate surface area is 194 Å². The lowest BCUT2D eigenvalue weighted by molar-refractivity contribution is -0.200. The molecule has 1 saturated carbocycles. The van der Waals surface area contributed by atoms with E-state index < -0.39 is 29.7 Å². The number of hydrogen-bond acceptors (Lipinski definition) is 5. The Morgan fingerprint density at radius 3 is 2.58 bits per heavy atom. The number of hydrogen-bond donors (Lipinski definition) is 2. The average Bonchev–Trinajstić information content (AvgIpc) is 3.35. The molecule has 2 heterocycles. The fraction of sp³-hybridized carbons (Fsp3) is 0.625. The van der Waals surface area contributed by atoms with Crippen LogP contribution in [0.3, 0.4) is 0 Å². The van der Waals surface area contributed by atoms with E-state index in [-0.39, 0.29) is 17.7 Å². The summed E-state index contributed by atoms with van der Waals surface area (Å²) in [5.41, 5.74) is -0.0724. The van der Waals surface area contributed by atoms with E-state index in [0.29, 0.717) is 32.5 Å². The van der Waals surface area contributed by atoms with Gasteiger partial charge in [0.05, 0.1) is 24.7 Å². The minimum Gasteiger partial charge on any atom is -0.465 e. The zero-order valence-corrected chi connectivity index (χ0v) is 19.2. The zero-order chi connectivity index (χ0) is 23.6. The van der Waals surface area contributed by atoms with Crippen LogP contribution in [0.4, 0.5) is 4.79 Å². The number of nitrogens with zero attached hydrogens (tertiary/aromatic N) is 2. The number of carboxylic acid groups (broad SMARTS) is 1. The van der Waals surface area contributed by atoms with E-state index in [1.165, 1.54) is 17.1 Å². The summed E-state index contributed by atoms with van der Waals surface area (Å²) in [7, 11) is 1.50. The molecule has 1 aliphatic carbocycles. The number of ether oxygens (including phenoxy) is 1. The second-order valence-corrected chi connectivity index (χ2v) is 9.25. The van der Waals surface area contributed by atoms with Crippen molar-refractivity contribution < 1.29 is 29.1 Å². The topological polar surface area (TPSA) is 108 Å². The quantitative estimate of drug-likeness (QED) is 0.648. The highest BCUT2D eigenvalue weighted by atomic mass is 16.7. The van der Waals surface area contributed by atoms with Gasteiger partial charge >= 0.3 is 6.09 Å². The first-order valence-electron chi connectivity index (χ1n) is 11.7. The van der Waals surface area contributed by atoms with Crippen LogP contribution in [0.5, 0.6) is 0 Å². The minimum absolute atomic E-state index is 0.143. The molecule has 0 aromatic heterocycles. The number of likely N-dealkylation sites (tertiary alicyclic amines) is 1. The highest BCUT2D eigenvalue weighted by Gasteiger charge is 2.63. The van der Waals surface area contributed by atoms with Crippen LogP contribution in [0.1, 0.15) is 50.5 Å². The lowest BCUT2D eigenvalue weighted by Gasteiger charge is -2.34. The molecule has 33 heavy (non-hydrogen) atoms. The summed E-state index contributed by atoms with van der Waals surface area (Å²) < 4.78 is 5.63. The molecule has 4 rings (SSSR count). The Bertz CT molecular complexity index is 874. The highest BCUT2D eigenvalue weighted by molar-refractivity contribution is 5.96. The van der Waals surface area contributed by atoms with Gasteiger partial charge in [-0.2, -0.15) is 0 Å². The van der Waals surface area contributed by atoms with Gasteiger partial charge in [0.2, 0.25) is 5.91 Å². The summed E-state index contributed by atoms with van der Waals surface area (Å²) in [5.74, 6) is -1.32. The minimum atomic E-state index is -1.06. The Morgan fingerprint density at radius 2 is 1.94 bits per heavy atom. The molecule has 0 radical (unpaired) electrons. The molecule has 3 amide bonds. The number of rotatable bonds is 7. The molecule has 0 bridgehead atoms. The molecule has 0 unspecified atom stereocenters. The third kappa shape index (κ3) is 4.56. The fourth-order valence-corrected chi connectivity index (χ4v) is 5.31. The largest absolute Gasteiger partial charge is 0.465 e. The number of amides is 3. The van der Waals surface area contributed by atoms with Gasteiger partial charge in [-0.05, 0) is 37.7 Å². The normalized spacial score (nSPS) is 28.8. The average molecular weight is 460 g/mol. The van der Waals surface area contributed by atoms with Gasteiger partial charge in [-0.15, -0.1) is 0 Å². The van der Waals surface area contributed by atoms with E-state index in [0.717, 1.165) is 24.8 Å². The van der Waals surface area contributed by atoms with Crippen molar-refractivity contribution in [3.05, 3.63) is 35.9 Å². The molecule has 180 valence electrons. The molecule has 5 atom stereocenters. The van der Waals surface area contributed by atoms with Crippen LogP contribution in [0, 0.1) is 5.92 Å². The summed E-state index contributed by atoms with van der Waals surface area (Å²) >= 11 is 0. The molecule has 1 aromatic carbocycles. The lowest BCUT2D eigenvalue weighted by Crippen LogP contribution is -2.56. The number of methoxy groups -OCH3 is 1. The van der Waals surface area contributed by atoms with Crippen LogP contribution in [0.15, 0.2) is 30.3 Å². The van der Waals surface area contributed by atoms with Gasteiger partial charge in [0.1, 0.15) is 5.54 Å².